The van der Waals surface area contributed by atoms with Crippen LogP contribution in [0.5, 0.6) is 0 Å². The van der Waals surface area contributed by atoms with Crippen LogP contribution in [0.2, 0.25) is 0 Å². The molecule has 0 radical (unpaired) electrons. The van der Waals surface area contributed by atoms with Crippen LogP contribution >= 0.6 is 0 Å². The SMILES string of the molecule is Cc1cc(C(=O)C[NH+](C)CC(=O)Nc2cccc(F)c2)c(C)n1C[C@H]1CCCO1. The number of aromatic nitrogens is 1. The maximum absolute atomic E-state index is 13.2. The zero-order chi connectivity index (χ0) is 21.0. The van der Waals surface area contributed by atoms with E-state index < -0.39 is 5.82 Å². The van der Waals surface area contributed by atoms with Gasteiger partial charge in [-0.05, 0) is 51.0 Å². The lowest BCUT2D eigenvalue weighted by atomic mass is 10.1. The third kappa shape index (κ3) is 5.52. The summed E-state index contributed by atoms with van der Waals surface area (Å²) >= 11 is 0. The van der Waals surface area contributed by atoms with Gasteiger partial charge in [-0.1, -0.05) is 6.07 Å². The van der Waals surface area contributed by atoms with E-state index in [0.717, 1.165) is 42.3 Å². The normalized spacial score (nSPS) is 17.3. The Morgan fingerprint density at radius 2 is 2.07 bits per heavy atom. The average Bonchev–Trinajstić information content (AvgIpc) is 3.25. The summed E-state index contributed by atoms with van der Waals surface area (Å²) < 4.78 is 21.1. The van der Waals surface area contributed by atoms with Gasteiger partial charge in [-0.25, -0.2) is 4.39 Å². The Morgan fingerprint density at radius 3 is 2.76 bits per heavy atom. The zero-order valence-electron chi connectivity index (χ0n) is 17.3. The second-order valence-corrected chi connectivity index (χ2v) is 7.82. The molecule has 0 saturated carbocycles. The van der Waals surface area contributed by atoms with Crippen LogP contribution in [0.1, 0.15) is 34.6 Å². The Hall–Kier alpha value is -2.51. The summed E-state index contributed by atoms with van der Waals surface area (Å²) in [4.78, 5) is 25.8. The number of nitrogens with zero attached hydrogens (tertiary/aromatic N) is 1. The third-order valence-corrected chi connectivity index (χ3v) is 5.32. The zero-order valence-corrected chi connectivity index (χ0v) is 17.3. The minimum Gasteiger partial charge on any atom is -0.376 e. The van der Waals surface area contributed by atoms with Gasteiger partial charge in [-0.15, -0.1) is 0 Å². The van der Waals surface area contributed by atoms with Gasteiger partial charge in [-0.3, -0.25) is 9.59 Å². The number of ketones is 1. The van der Waals surface area contributed by atoms with E-state index in [0.29, 0.717) is 11.3 Å². The first-order valence-electron chi connectivity index (χ1n) is 10.0. The van der Waals surface area contributed by atoms with Gasteiger partial charge in [0.05, 0.1) is 13.2 Å². The first-order valence-corrected chi connectivity index (χ1v) is 10.0. The fourth-order valence-corrected chi connectivity index (χ4v) is 3.83. The third-order valence-electron chi connectivity index (χ3n) is 5.32. The van der Waals surface area contributed by atoms with Crippen molar-refractivity contribution in [2.45, 2.75) is 39.3 Å². The molecular weight excluding hydrogens is 373 g/mol. The highest BCUT2D eigenvalue weighted by Crippen LogP contribution is 2.20. The monoisotopic (exact) mass is 402 g/mol. The van der Waals surface area contributed by atoms with Gasteiger partial charge in [0.2, 0.25) is 5.78 Å². The molecule has 2 aromatic rings. The minimum absolute atomic E-state index is 0.00717. The number of amides is 1. The lowest BCUT2D eigenvalue weighted by Crippen LogP contribution is -3.11. The van der Waals surface area contributed by atoms with E-state index in [1.165, 1.54) is 18.2 Å². The number of benzene rings is 1. The number of halogens is 1. The van der Waals surface area contributed by atoms with E-state index in [-0.39, 0.29) is 30.9 Å². The van der Waals surface area contributed by atoms with Crippen LogP contribution in [0.3, 0.4) is 0 Å². The van der Waals surface area contributed by atoms with Gasteiger partial charge in [0.1, 0.15) is 12.4 Å². The predicted molar refractivity (Wildman–Crippen MR) is 109 cm³/mol. The fraction of sp³-hybridized carbons (Fsp3) is 0.455. The highest BCUT2D eigenvalue weighted by atomic mass is 19.1. The molecule has 1 amide bonds. The molecule has 29 heavy (non-hydrogen) atoms. The molecule has 7 heteroatoms. The van der Waals surface area contributed by atoms with Crippen molar-refractivity contribution >= 4 is 17.4 Å². The molecule has 0 aliphatic carbocycles. The van der Waals surface area contributed by atoms with E-state index in [1.54, 1.807) is 13.1 Å². The van der Waals surface area contributed by atoms with E-state index >= 15 is 0 Å². The van der Waals surface area contributed by atoms with Crippen molar-refractivity contribution < 1.29 is 23.6 Å². The summed E-state index contributed by atoms with van der Waals surface area (Å²) in [6, 6.07) is 7.68. The average molecular weight is 402 g/mol. The molecule has 1 unspecified atom stereocenters. The summed E-state index contributed by atoms with van der Waals surface area (Å²) in [6.07, 6.45) is 2.34. The van der Waals surface area contributed by atoms with E-state index in [9.17, 15) is 14.0 Å². The highest BCUT2D eigenvalue weighted by molar-refractivity contribution is 5.98. The minimum atomic E-state index is -0.406. The first-order chi connectivity index (χ1) is 13.8. The van der Waals surface area contributed by atoms with Crippen molar-refractivity contribution in [2.75, 3.05) is 32.1 Å². The fourth-order valence-electron chi connectivity index (χ4n) is 3.83. The van der Waals surface area contributed by atoms with Gasteiger partial charge in [0, 0.05) is 35.8 Å². The van der Waals surface area contributed by atoms with E-state index in [2.05, 4.69) is 9.88 Å². The molecule has 0 bridgehead atoms. The Kier molecular flexibility index (Phi) is 6.82. The molecule has 0 spiro atoms. The maximum Gasteiger partial charge on any atom is 0.279 e. The quantitative estimate of drug-likeness (QED) is 0.662. The summed E-state index contributed by atoms with van der Waals surface area (Å²) in [5.74, 6) is -0.658. The van der Waals surface area contributed by atoms with Crippen LogP contribution in [0.15, 0.2) is 30.3 Å². The van der Waals surface area contributed by atoms with Gasteiger partial charge in [0.15, 0.2) is 6.54 Å². The number of carbonyl (C=O) groups is 2. The Bertz CT molecular complexity index is 887. The van der Waals surface area contributed by atoms with Crippen LogP contribution < -0.4 is 10.2 Å². The van der Waals surface area contributed by atoms with Crippen molar-refractivity contribution in [3.8, 4) is 0 Å². The maximum atomic E-state index is 13.2. The number of Topliss-reactive ketones (excluding diaryl/α,β-unsaturated/α-hetero) is 1. The Balaban J connectivity index is 1.57. The smallest absolute Gasteiger partial charge is 0.279 e. The van der Waals surface area contributed by atoms with Gasteiger partial charge < -0.3 is 19.5 Å². The summed E-state index contributed by atoms with van der Waals surface area (Å²) in [6.45, 7) is 5.87. The summed E-state index contributed by atoms with van der Waals surface area (Å²) in [5, 5.41) is 2.66. The molecule has 2 atom stereocenters. The molecule has 1 aromatic heterocycles. The topological polar surface area (TPSA) is 64.8 Å². The molecule has 1 aliphatic heterocycles. The number of hydrogen-bond acceptors (Lipinski definition) is 3. The predicted octanol–water partition coefficient (Wildman–Crippen LogP) is 1.76. The first kappa shape index (κ1) is 21.2. The second kappa shape index (κ2) is 9.33. The molecule has 156 valence electrons. The van der Waals surface area contributed by atoms with Crippen LogP contribution in [0, 0.1) is 19.7 Å². The molecule has 1 aromatic carbocycles. The Morgan fingerprint density at radius 1 is 1.28 bits per heavy atom. The summed E-state index contributed by atoms with van der Waals surface area (Å²) in [5.41, 5.74) is 3.10. The number of anilines is 1. The van der Waals surface area contributed by atoms with Gasteiger partial charge in [-0.2, -0.15) is 0 Å². The number of ether oxygens (including phenoxy) is 1. The van der Waals surface area contributed by atoms with Crippen LogP contribution in [0.4, 0.5) is 10.1 Å². The molecule has 3 rings (SSSR count). The molecule has 2 heterocycles. The lowest BCUT2D eigenvalue weighted by molar-refractivity contribution is -0.861. The van der Waals surface area contributed by atoms with Crippen molar-refractivity contribution in [1.29, 1.82) is 0 Å². The molecular formula is C22H29FN3O3+. The molecule has 1 saturated heterocycles. The molecule has 1 fully saturated rings. The van der Waals surface area contributed by atoms with Crippen molar-refractivity contribution in [1.82, 2.24) is 4.57 Å². The highest BCUT2D eigenvalue weighted by Gasteiger charge is 2.23. The lowest BCUT2D eigenvalue weighted by Gasteiger charge is -2.15. The number of hydrogen-bond donors (Lipinski definition) is 2. The Labute approximate surface area is 170 Å². The number of quaternary nitrogens is 1. The van der Waals surface area contributed by atoms with Crippen molar-refractivity contribution in [3.05, 3.63) is 53.1 Å². The molecule has 1 aliphatic rings. The number of aryl methyl sites for hydroxylation is 1. The van der Waals surface area contributed by atoms with Gasteiger partial charge in [0.25, 0.3) is 5.91 Å². The summed E-state index contributed by atoms with van der Waals surface area (Å²) in [7, 11) is 1.80. The van der Waals surface area contributed by atoms with Crippen molar-refractivity contribution in [3.63, 3.8) is 0 Å². The number of nitrogens with one attached hydrogen (secondary N) is 2. The number of carbonyl (C=O) groups excluding carboxylic acids is 2. The van der Waals surface area contributed by atoms with Crippen molar-refractivity contribution in [2.24, 2.45) is 0 Å². The van der Waals surface area contributed by atoms with Crippen LogP contribution in [-0.2, 0) is 16.1 Å². The second-order valence-electron chi connectivity index (χ2n) is 7.82. The number of rotatable bonds is 8. The largest absolute Gasteiger partial charge is 0.376 e. The molecule has 2 N–H and O–H groups in total. The van der Waals surface area contributed by atoms with Crippen LogP contribution in [0.25, 0.3) is 0 Å². The van der Waals surface area contributed by atoms with Crippen LogP contribution in [-0.4, -0.2) is 49.1 Å². The standard InChI is InChI=1S/C22H28FN3O3/c1-15-10-20(16(2)26(15)12-19-8-5-9-29-19)21(27)13-25(3)14-22(28)24-18-7-4-6-17(23)11-18/h4,6-7,10-11,19H,5,8-9,12-14H2,1-3H3,(H,24,28)/p+1/t19-/m1/s1. The van der Waals surface area contributed by atoms with E-state index in [1.807, 2.05) is 19.9 Å². The van der Waals surface area contributed by atoms with E-state index in [4.69, 9.17) is 4.74 Å². The molecule has 6 nitrogen and oxygen atoms in total. The number of likely N-dealkylation sites (N-methyl/N-ethyl adjacent to an activating group) is 1. The van der Waals surface area contributed by atoms with Gasteiger partial charge >= 0.3 is 0 Å².